The largest absolute Gasteiger partial charge is 0.530 e. The van der Waals surface area contributed by atoms with E-state index in [1.54, 1.807) is 0 Å². The van der Waals surface area contributed by atoms with Crippen LogP contribution in [0.4, 0.5) is 23.8 Å². The van der Waals surface area contributed by atoms with Gasteiger partial charge in [-0.05, 0) is 25.0 Å². The fourth-order valence-electron chi connectivity index (χ4n) is 1.98. The molecule has 9 heteroatoms. The molecule has 0 radical (unpaired) electrons. The summed E-state index contributed by atoms with van der Waals surface area (Å²) in [5.41, 5.74) is -1.05. The number of halogens is 3. The Hall–Kier alpha value is -2.06. The number of hydrogen-bond acceptors (Lipinski definition) is 5. The Bertz CT molecular complexity index is 470. The molecule has 1 amide bonds. The fraction of sp³-hybridized carbons (Fsp3) is 0.545. The number of aromatic nitrogens is 2. The third-order valence-corrected chi connectivity index (χ3v) is 3.06. The first-order valence-corrected chi connectivity index (χ1v) is 5.99. The number of rotatable bonds is 2. The summed E-state index contributed by atoms with van der Waals surface area (Å²) in [6.07, 6.45) is -4.64. The van der Waals surface area contributed by atoms with Gasteiger partial charge in [0.1, 0.15) is 11.9 Å². The Kier molecular flexibility index (Phi) is 3.96. The van der Waals surface area contributed by atoms with E-state index in [0.29, 0.717) is 25.9 Å². The first kappa shape index (κ1) is 14.4. The van der Waals surface area contributed by atoms with Gasteiger partial charge in [-0.3, -0.25) is 0 Å². The van der Waals surface area contributed by atoms with Gasteiger partial charge in [-0.1, -0.05) is 0 Å². The van der Waals surface area contributed by atoms with Crippen molar-refractivity contribution in [2.24, 2.45) is 0 Å². The van der Waals surface area contributed by atoms with Crippen molar-refractivity contribution in [2.45, 2.75) is 25.1 Å². The molecule has 1 saturated heterocycles. The van der Waals surface area contributed by atoms with Gasteiger partial charge in [0.05, 0.1) is 0 Å². The van der Waals surface area contributed by atoms with Gasteiger partial charge >= 0.3 is 6.18 Å². The van der Waals surface area contributed by atoms with E-state index < -0.39 is 18.0 Å². The van der Waals surface area contributed by atoms with Crippen LogP contribution in [0.1, 0.15) is 18.5 Å². The normalized spacial score (nSPS) is 17.1. The molecule has 2 heterocycles. The molecule has 1 aliphatic rings. The van der Waals surface area contributed by atoms with Gasteiger partial charge in [-0.2, -0.15) is 13.2 Å². The number of nitrogens with zero attached hydrogens (tertiary/aromatic N) is 3. The number of nitrogens with one attached hydrogen (secondary N) is 1. The van der Waals surface area contributed by atoms with Crippen LogP contribution in [0.2, 0.25) is 0 Å². The first-order valence-electron chi connectivity index (χ1n) is 5.99. The van der Waals surface area contributed by atoms with Gasteiger partial charge in [-0.25, -0.2) is 0 Å². The highest BCUT2D eigenvalue weighted by Gasteiger charge is 2.33. The Morgan fingerprint density at radius 2 is 1.95 bits per heavy atom. The van der Waals surface area contributed by atoms with Crippen molar-refractivity contribution in [3.63, 3.8) is 0 Å². The third kappa shape index (κ3) is 3.49. The molecule has 6 nitrogen and oxygen atoms in total. The smallest absolute Gasteiger partial charge is 0.435 e. The van der Waals surface area contributed by atoms with Crippen LogP contribution in [-0.2, 0) is 6.18 Å². The van der Waals surface area contributed by atoms with Crippen molar-refractivity contribution < 1.29 is 23.1 Å². The van der Waals surface area contributed by atoms with Crippen LogP contribution in [-0.4, -0.2) is 40.3 Å². The van der Waals surface area contributed by atoms with Gasteiger partial charge < -0.3 is 20.1 Å². The highest BCUT2D eigenvalue weighted by molar-refractivity contribution is 5.62. The third-order valence-electron chi connectivity index (χ3n) is 3.06. The summed E-state index contributed by atoms with van der Waals surface area (Å²) in [7, 11) is 0. The van der Waals surface area contributed by atoms with Crippen molar-refractivity contribution in [2.75, 3.05) is 18.4 Å². The van der Waals surface area contributed by atoms with Gasteiger partial charge in [0.15, 0.2) is 5.69 Å². The van der Waals surface area contributed by atoms with Crippen molar-refractivity contribution in [3.8, 4) is 0 Å². The van der Waals surface area contributed by atoms with Crippen molar-refractivity contribution in [3.05, 3.63) is 17.8 Å². The van der Waals surface area contributed by atoms with E-state index in [9.17, 15) is 23.1 Å². The minimum Gasteiger partial charge on any atom is -0.530 e. The number of carboxylic acid groups (broad SMARTS) is 1. The van der Waals surface area contributed by atoms with Crippen LogP contribution in [0.25, 0.3) is 0 Å². The maximum absolute atomic E-state index is 12.3. The molecule has 1 aromatic rings. The highest BCUT2D eigenvalue weighted by Crippen LogP contribution is 2.27. The number of amides is 1. The molecule has 2 rings (SSSR count). The van der Waals surface area contributed by atoms with Crippen LogP contribution < -0.4 is 10.4 Å². The van der Waals surface area contributed by atoms with Gasteiger partial charge in [-0.15, -0.1) is 10.2 Å². The van der Waals surface area contributed by atoms with Crippen LogP contribution >= 0.6 is 0 Å². The molecule has 1 aromatic heterocycles. The van der Waals surface area contributed by atoms with E-state index >= 15 is 0 Å². The summed E-state index contributed by atoms with van der Waals surface area (Å²) >= 11 is 0. The van der Waals surface area contributed by atoms with E-state index in [0.717, 1.165) is 6.07 Å². The standard InChI is InChI=1S/C11H13F3N4O2/c12-11(13,14)8-1-2-9(17-16-8)15-7-3-5-18(6-4-7)10(19)20/h1-2,7H,3-6H2,(H,15,17)(H,19,20)/p-1. The molecule has 1 aliphatic heterocycles. The lowest BCUT2D eigenvalue weighted by Gasteiger charge is -2.34. The number of piperidine rings is 1. The van der Waals surface area contributed by atoms with E-state index in [1.807, 2.05) is 0 Å². The molecule has 20 heavy (non-hydrogen) atoms. The zero-order chi connectivity index (χ0) is 14.8. The minimum absolute atomic E-state index is 0.0448. The van der Waals surface area contributed by atoms with Gasteiger partial charge in [0.25, 0.3) is 0 Å². The Balaban J connectivity index is 1.90. The van der Waals surface area contributed by atoms with E-state index in [2.05, 4.69) is 15.5 Å². The predicted octanol–water partition coefficient (Wildman–Crippen LogP) is 0.715. The monoisotopic (exact) mass is 289 g/mol. The lowest BCUT2D eigenvalue weighted by Crippen LogP contribution is -2.47. The molecular weight excluding hydrogens is 277 g/mol. The molecule has 0 bridgehead atoms. The van der Waals surface area contributed by atoms with E-state index in [-0.39, 0.29) is 11.9 Å². The van der Waals surface area contributed by atoms with Crippen molar-refractivity contribution in [1.82, 2.24) is 15.1 Å². The number of anilines is 1. The molecule has 0 unspecified atom stereocenters. The summed E-state index contributed by atoms with van der Waals surface area (Å²) in [6, 6.07) is 2.02. The summed E-state index contributed by atoms with van der Waals surface area (Å²) in [5, 5.41) is 20.1. The molecule has 0 atom stereocenters. The average Bonchev–Trinajstić information content (AvgIpc) is 2.39. The first-order chi connectivity index (χ1) is 9.36. The lowest BCUT2D eigenvalue weighted by molar-refractivity contribution is -0.266. The SMILES string of the molecule is O=C([O-])N1CCC(Nc2ccc(C(F)(F)F)nn2)CC1. The fourth-order valence-corrected chi connectivity index (χ4v) is 1.98. The summed E-state index contributed by atoms with van der Waals surface area (Å²) in [5.74, 6) is 0.241. The average molecular weight is 289 g/mol. The van der Waals surface area contributed by atoms with Crippen LogP contribution in [0, 0.1) is 0 Å². The predicted molar refractivity (Wildman–Crippen MR) is 60.6 cm³/mol. The topological polar surface area (TPSA) is 81.2 Å². The van der Waals surface area contributed by atoms with Crippen LogP contribution in [0.3, 0.4) is 0 Å². The number of carbonyl (C=O) groups is 1. The number of carbonyl (C=O) groups excluding carboxylic acids is 1. The second kappa shape index (κ2) is 5.51. The molecule has 0 aliphatic carbocycles. The van der Waals surface area contributed by atoms with Gasteiger partial charge in [0, 0.05) is 19.1 Å². The molecule has 1 N–H and O–H groups in total. The minimum atomic E-state index is -4.51. The van der Waals surface area contributed by atoms with Crippen LogP contribution in [0.15, 0.2) is 12.1 Å². The summed E-state index contributed by atoms with van der Waals surface area (Å²) < 4.78 is 36.9. The summed E-state index contributed by atoms with van der Waals surface area (Å²) in [6.45, 7) is 0.655. The molecule has 0 aromatic carbocycles. The molecular formula is C11H12F3N4O2-. The molecule has 110 valence electrons. The van der Waals surface area contributed by atoms with E-state index in [1.165, 1.54) is 11.0 Å². The second-order valence-electron chi connectivity index (χ2n) is 4.47. The Labute approximate surface area is 112 Å². The number of hydrogen-bond donors (Lipinski definition) is 1. The zero-order valence-electron chi connectivity index (χ0n) is 10.4. The molecule has 0 spiro atoms. The molecule has 0 saturated carbocycles. The van der Waals surface area contributed by atoms with E-state index in [4.69, 9.17) is 0 Å². The number of likely N-dealkylation sites (tertiary alicyclic amines) is 1. The number of alkyl halides is 3. The maximum atomic E-state index is 12.3. The zero-order valence-corrected chi connectivity index (χ0v) is 10.4. The van der Waals surface area contributed by atoms with Crippen LogP contribution in [0.5, 0.6) is 0 Å². The Morgan fingerprint density at radius 1 is 1.30 bits per heavy atom. The molecule has 1 fully saturated rings. The Morgan fingerprint density at radius 3 is 2.40 bits per heavy atom. The highest BCUT2D eigenvalue weighted by atomic mass is 19.4. The van der Waals surface area contributed by atoms with Crippen molar-refractivity contribution >= 4 is 11.9 Å². The van der Waals surface area contributed by atoms with Gasteiger partial charge in [0.2, 0.25) is 0 Å². The van der Waals surface area contributed by atoms with Crippen molar-refractivity contribution in [1.29, 1.82) is 0 Å². The quantitative estimate of drug-likeness (QED) is 0.867. The maximum Gasteiger partial charge on any atom is 0.435 e. The lowest BCUT2D eigenvalue weighted by atomic mass is 10.1. The second-order valence-corrected chi connectivity index (χ2v) is 4.47. The summed E-state index contributed by atoms with van der Waals surface area (Å²) in [4.78, 5) is 11.8.